The molecule has 0 saturated carbocycles. The van der Waals surface area contributed by atoms with E-state index in [1.165, 1.54) is 37.7 Å². The Morgan fingerprint density at radius 3 is 2.72 bits per heavy atom. The monoisotopic (exact) mass is 250 g/mol. The van der Waals surface area contributed by atoms with Crippen molar-refractivity contribution in [1.82, 2.24) is 10.3 Å². The number of aromatic nitrogens is 1. The first-order valence-electron chi connectivity index (χ1n) is 7.09. The average molecular weight is 250 g/mol. The van der Waals surface area contributed by atoms with Gasteiger partial charge in [0.2, 0.25) is 5.88 Å². The first-order valence-corrected chi connectivity index (χ1v) is 7.09. The number of unbranched alkanes of at least 4 members (excludes halogenated alkanes) is 5. The molecule has 1 aromatic heterocycles. The lowest BCUT2D eigenvalue weighted by atomic mass is 10.1. The van der Waals surface area contributed by atoms with Crippen LogP contribution in [0, 0.1) is 0 Å². The van der Waals surface area contributed by atoms with Gasteiger partial charge in [-0.2, -0.15) is 0 Å². The molecular weight excluding hydrogens is 224 g/mol. The maximum Gasteiger partial charge on any atom is 0.213 e. The van der Waals surface area contributed by atoms with Crippen LogP contribution in [0.5, 0.6) is 5.88 Å². The van der Waals surface area contributed by atoms with Crippen molar-refractivity contribution in [3.8, 4) is 5.88 Å². The second kappa shape index (κ2) is 9.89. The highest BCUT2D eigenvalue weighted by Gasteiger charge is 1.98. The lowest BCUT2D eigenvalue weighted by Gasteiger charge is -2.06. The van der Waals surface area contributed by atoms with E-state index in [0.717, 1.165) is 25.5 Å². The Hall–Kier alpha value is -1.09. The Morgan fingerprint density at radius 2 is 1.94 bits per heavy atom. The van der Waals surface area contributed by atoms with Gasteiger partial charge in [-0.3, -0.25) is 0 Å². The quantitative estimate of drug-likeness (QED) is 0.645. The fourth-order valence-corrected chi connectivity index (χ4v) is 1.90. The highest BCUT2D eigenvalue weighted by molar-refractivity contribution is 5.20. The summed E-state index contributed by atoms with van der Waals surface area (Å²) in [6.07, 6.45) is 9.53. The minimum atomic E-state index is 0.747. The molecule has 3 nitrogen and oxygen atoms in total. The third-order valence-corrected chi connectivity index (χ3v) is 2.93. The van der Waals surface area contributed by atoms with Gasteiger partial charge in [-0.1, -0.05) is 39.0 Å². The van der Waals surface area contributed by atoms with Gasteiger partial charge < -0.3 is 10.1 Å². The highest BCUT2D eigenvalue weighted by Crippen LogP contribution is 2.10. The number of rotatable bonds is 10. The van der Waals surface area contributed by atoms with E-state index in [2.05, 4.69) is 17.2 Å². The Labute approximate surface area is 111 Å². The summed E-state index contributed by atoms with van der Waals surface area (Å²) in [5.41, 5.74) is 1.21. The van der Waals surface area contributed by atoms with Crippen molar-refractivity contribution in [3.05, 3.63) is 23.9 Å². The summed E-state index contributed by atoms with van der Waals surface area (Å²) in [6, 6.07) is 4.02. The average Bonchev–Trinajstić information content (AvgIpc) is 2.39. The van der Waals surface area contributed by atoms with E-state index >= 15 is 0 Å². The molecule has 0 aromatic carbocycles. The first-order chi connectivity index (χ1) is 8.86. The number of nitrogens with one attached hydrogen (secondary N) is 1. The summed E-state index contributed by atoms with van der Waals surface area (Å²) in [5, 5.41) is 3.12. The lowest BCUT2D eigenvalue weighted by Crippen LogP contribution is -2.06. The van der Waals surface area contributed by atoms with Gasteiger partial charge in [0.25, 0.3) is 0 Å². The molecule has 1 aromatic rings. The van der Waals surface area contributed by atoms with Crippen molar-refractivity contribution in [1.29, 1.82) is 0 Å². The van der Waals surface area contributed by atoms with Crippen molar-refractivity contribution in [3.63, 3.8) is 0 Å². The van der Waals surface area contributed by atoms with Gasteiger partial charge in [0, 0.05) is 18.8 Å². The van der Waals surface area contributed by atoms with E-state index in [1.807, 2.05) is 25.4 Å². The molecule has 0 atom stereocenters. The zero-order valence-corrected chi connectivity index (χ0v) is 11.7. The summed E-state index contributed by atoms with van der Waals surface area (Å²) >= 11 is 0. The van der Waals surface area contributed by atoms with Crippen molar-refractivity contribution >= 4 is 0 Å². The van der Waals surface area contributed by atoms with Gasteiger partial charge in [0.05, 0.1) is 6.61 Å². The smallest absolute Gasteiger partial charge is 0.213 e. The molecular formula is C15H26N2O. The molecule has 0 aliphatic heterocycles. The van der Waals surface area contributed by atoms with E-state index < -0.39 is 0 Å². The molecule has 0 saturated heterocycles. The van der Waals surface area contributed by atoms with Crippen LogP contribution in [0.2, 0.25) is 0 Å². The zero-order chi connectivity index (χ0) is 13.1. The maximum absolute atomic E-state index is 5.66. The van der Waals surface area contributed by atoms with E-state index in [1.54, 1.807) is 0 Å². The summed E-state index contributed by atoms with van der Waals surface area (Å²) < 4.78 is 5.66. The van der Waals surface area contributed by atoms with Crippen LogP contribution in [0.1, 0.15) is 51.0 Å². The fraction of sp³-hybridized carbons (Fsp3) is 0.667. The number of ether oxygens (including phenoxy) is 1. The molecule has 1 heterocycles. The topological polar surface area (TPSA) is 34.1 Å². The fourth-order valence-electron chi connectivity index (χ4n) is 1.90. The number of hydrogen-bond acceptors (Lipinski definition) is 3. The van der Waals surface area contributed by atoms with Gasteiger partial charge in [-0.15, -0.1) is 0 Å². The number of nitrogens with zero attached hydrogens (tertiary/aromatic N) is 1. The summed E-state index contributed by atoms with van der Waals surface area (Å²) in [6.45, 7) is 3.88. The zero-order valence-electron chi connectivity index (χ0n) is 11.7. The van der Waals surface area contributed by atoms with Crippen LogP contribution < -0.4 is 10.1 Å². The van der Waals surface area contributed by atoms with Gasteiger partial charge in [-0.05, 0) is 25.1 Å². The third kappa shape index (κ3) is 6.60. The van der Waals surface area contributed by atoms with Gasteiger partial charge in [-0.25, -0.2) is 4.98 Å². The van der Waals surface area contributed by atoms with E-state index in [0.29, 0.717) is 0 Å². The Balaban J connectivity index is 2.13. The predicted octanol–water partition coefficient (Wildman–Crippen LogP) is 3.54. The number of pyridine rings is 1. The molecule has 18 heavy (non-hydrogen) atoms. The standard InChI is InChI=1S/C15H26N2O/c1-3-4-5-6-7-8-11-18-15-12-14(13-16-2)9-10-17-15/h9-10,12,16H,3-8,11,13H2,1-2H3. The molecule has 0 spiro atoms. The van der Waals surface area contributed by atoms with E-state index in [9.17, 15) is 0 Å². The first kappa shape index (κ1) is 15.0. The van der Waals surface area contributed by atoms with E-state index in [4.69, 9.17) is 4.74 Å². The molecule has 0 unspecified atom stereocenters. The largest absolute Gasteiger partial charge is 0.478 e. The van der Waals surface area contributed by atoms with Gasteiger partial charge in [0.15, 0.2) is 0 Å². The second-order valence-electron chi connectivity index (χ2n) is 4.65. The van der Waals surface area contributed by atoms with Gasteiger partial charge in [0.1, 0.15) is 0 Å². The van der Waals surface area contributed by atoms with Gasteiger partial charge >= 0.3 is 0 Å². The van der Waals surface area contributed by atoms with Crippen molar-refractivity contribution in [2.75, 3.05) is 13.7 Å². The Kier molecular flexibility index (Phi) is 8.23. The Bertz CT molecular complexity index is 315. The molecule has 0 aliphatic carbocycles. The second-order valence-corrected chi connectivity index (χ2v) is 4.65. The maximum atomic E-state index is 5.66. The van der Waals surface area contributed by atoms with Crippen molar-refractivity contribution in [2.24, 2.45) is 0 Å². The van der Waals surface area contributed by atoms with Crippen molar-refractivity contribution < 1.29 is 4.74 Å². The molecule has 0 amide bonds. The molecule has 3 heteroatoms. The molecule has 1 rings (SSSR count). The lowest BCUT2D eigenvalue weighted by molar-refractivity contribution is 0.293. The molecule has 0 radical (unpaired) electrons. The van der Waals surface area contributed by atoms with Crippen LogP contribution in [0.25, 0.3) is 0 Å². The third-order valence-electron chi connectivity index (χ3n) is 2.93. The predicted molar refractivity (Wildman–Crippen MR) is 75.9 cm³/mol. The highest BCUT2D eigenvalue weighted by atomic mass is 16.5. The summed E-state index contributed by atoms with van der Waals surface area (Å²) in [7, 11) is 1.94. The van der Waals surface area contributed by atoms with Crippen LogP contribution in [-0.4, -0.2) is 18.6 Å². The molecule has 102 valence electrons. The van der Waals surface area contributed by atoms with Crippen LogP contribution in [0.3, 0.4) is 0 Å². The Morgan fingerprint density at radius 1 is 1.17 bits per heavy atom. The molecule has 0 bridgehead atoms. The SMILES string of the molecule is CCCCCCCCOc1cc(CNC)ccn1. The normalized spacial score (nSPS) is 10.6. The molecule has 0 fully saturated rings. The minimum Gasteiger partial charge on any atom is -0.478 e. The van der Waals surface area contributed by atoms with Crippen LogP contribution in [0.15, 0.2) is 18.3 Å². The summed E-state index contributed by atoms with van der Waals surface area (Å²) in [5.74, 6) is 0.747. The minimum absolute atomic E-state index is 0.747. The van der Waals surface area contributed by atoms with Crippen LogP contribution in [0.4, 0.5) is 0 Å². The molecule has 0 aliphatic rings. The van der Waals surface area contributed by atoms with E-state index in [-0.39, 0.29) is 0 Å². The summed E-state index contributed by atoms with van der Waals surface area (Å²) in [4.78, 5) is 4.22. The van der Waals surface area contributed by atoms with Crippen LogP contribution >= 0.6 is 0 Å². The van der Waals surface area contributed by atoms with Crippen molar-refractivity contribution in [2.45, 2.75) is 52.0 Å². The number of hydrogen-bond donors (Lipinski definition) is 1. The van der Waals surface area contributed by atoms with Crippen LogP contribution in [-0.2, 0) is 6.54 Å². The molecule has 1 N–H and O–H groups in total.